The number of unbranched alkanes of at least 4 members (excludes halogenated alkanes) is 2. The van der Waals surface area contributed by atoms with Crippen LogP contribution in [0.3, 0.4) is 0 Å². The van der Waals surface area contributed by atoms with Crippen LogP contribution in [0.25, 0.3) is 0 Å². The Labute approximate surface area is 143 Å². The Hall–Kier alpha value is -1.11. The summed E-state index contributed by atoms with van der Waals surface area (Å²) in [6, 6.07) is 4.41. The van der Waals surface area contributed by atoms with E-state index >= 15 is 0 Å². The summed E-state index contributed by atoms with van der Waals surface area (Å²) >= 11 is 6.07. The lowest BCUT2D eigenvalue weighted by atomic mass is 10.2. The normalized spacial score (nSPS) is 15.7. The van der Waals surface area contributed by atoms with Crippen LogP contribution in [0.2, 0.25) is 5.02 Å². The number of rotatable bonds is 7. The number of nitrogens with one attached hydrogen (secondary N) is 1. The molecule has 1 amide bonds. The number of amides is 1. The second kappa shape index (κ2) is 8.13. The molecule has 0 bridgehead atoms. The van der Waals surface area contributed by atoms with Gasteiger partial charge in [-0.05, 0) is 37.5 Å². The largest absolute Gasteiger partial charge is 0.352 e. The van der Waals surface area contributed by atoms with Crippen LogP contribution in [-0.4, -0.2) is 38.3 Å². The van der Waals surface area contributed by atoms with Gasteiger partial charge in [0, 0.05) is 25.2 Å². The molecule has 1 aromatic carbocycles. The van der Waals surface area contributed by atoms with Gasteiger partial charge in [-0.2, -0.15) is 4.31 Å². The molecule has 128 valence electrons. The van der Waals surface area contributed by atoms with Gasteiger partial charge in [0.15, 0.2) is 0 Å². The van der Waals surface area contributed by atoms with E-state index in [4.69, 9.17) is 11.6 Å². The highest BCUT2D eigenvalue weighted by Crippen LogP contribution is 2.28. The molecule has 1 fully saturated rings. The van der Waals surface area contributed by atoms with E-state index in [1.165, 1.54) is 16.4 Å². The fourth-order valence-corrected chi connectivity index (χ4v) is 4.61. The van der Waals surface area contributed by atoms with E-state index in [1.54, 1.807) is 6.07 Å². The van der Waals surface area contributed by atoms with Crippen LogP contribution in [0.5, 0.6) is 0 Å². The Balaban J connectivity index is 2.17. The summed E-state index contributed by atoms with van der Waals surface area (Å²) in [6.45, 7) is 3.69. The number of nitrogens with zero attached hydrogens (tertiary/aromatic N) is 1. The molecule has 1 aromatic rings. The minimum absolute atomic E-state index is 0.0160. The van der Waals surface area contributed by atoms with Gasteiger partial charge in [0.05, 0.1) is 5.02 Å². The molecule has 2 rings (SSSR count). The third kappa shape index (κ3) is 4.46. The Morgan fingerprint density at radius 1 is 1.26 bits per heavy atom. The molecule has 0 radical (unpaired) electrons. The van der Waals surface area contributed by atoms with Crippen molar-refractivity contribution in [3.8, 4) is 0 Å². The summed E-state index contributed by atoms with van der Waals surface area (Å²) in [4.78, 5) is 12.2. The zero-order chi connectivity index (χ0) is 16.9. The van der Waals surface area contributed by atoms with Gasteiger partial charge in [0.1, 0.15) is 4.90 Å². The van der Waals surface area contributed by atoms with E-state index in [-0.39, 0.29) is 15.8 Å². The summed E-state index contributed by atoms with van der Waals surface area (Å²) in [6.07, 6.45) is 4.75. The first-order valence-electron chi connectivity index (χ1n) is 8.04. The highest BCUT2D eigenvalue weighted by atomic mass is 35.5. The van der Waals surface area contributed by atoms with E-state index in [2.05, 4.69) is 12.2 Å². The Kier molecular flexibility index (Phi) is 6.44. The monoisotopic (exact) mass is 358 g/mol. The van der Waals surface area contributed by atoms with Crippen molar-refractivity contribution in [2.75, 3.05) is 19.6 Å². The van der Waals surface area contributed by atoms with Crippen LogP contribution < -0.4 is 5.32 Å². The molecule has 0 saturated carbocycles. The average molecular weight is 359 g/mol. The lowest BCUT2D eigenvalue weighted by molar-refractivity contribution is 0.0952. The number of hydrogen-bond donors (Lipinski definition) is 1. The van der Waals surface area contributed by atoms with Crippen molar-refractivity contribution in [1.29, 1.82) is 0 Å². The lowest BCUT2D eigenvalue weighted by Crippen LogP contribution is -2.29. The molecule has 0 unspecified atom stereocenters. The molecule has 1 aliphatic rings. The van der Waals surface area contributed by atoms with Gasteiger partial charge in [0.25, 0.3) is 5.91 Å². The van der Waals surface area contributed by atoms with Crippen LogP contribution in [0.4, 0.5) is 0 Å². The highest BCUT2D eigenvalue weighted by molar-refractivity contribution is 7.89. The third-order valence-corrected chi connectivity index (χ3v) is 6.32. The molecule has 0 aromatic heterocycles. The first-order valence-corrected chi connectivity index (χ1v) is 9.86. The Bertz CT molecular complexity index is 655. The predicted octanol–water partition coefficient (Wildman–Crippen LogP) is 3.04. The third-order valence-electron chi connectivity index (χ3n) is 3.94. The van der Waals surface area contributed by atoms with E-state index in [9.17, 15) is 13.2 Å². The first-order chi connectivity index (χ1) is 11.0. The van der Waals surface area contributed by atoms with Gasteiger partial charge in [-0.3, -0.25) is 4.79 Å². The minimum atomic E-state index is -3.63. The van der Waals surface area contributed by atoms with Crippen molar-refractivity contribution in [2.45, 2.75) is 43.9 Å². The number of carbonyl (C=O) groups excluding carboxylic acids is 1. The number of sulfonamides is 1. The zero-order valence-electron chi connectivity index (χ0n) is 13.3. The maximum absolute atomic E-state index is 12.6. The molecule has 1 heterocycles. The second-order valence-electron chi connectivity index (χ2n) is 5.72. The summed E-state index contributed by atoms with van der Waals surface area (Å²) in [5.74, 6) is -0.268. The summed E-state index contributed by atoms with van der Waals surface area (Å²) in [7, 11) is -3.63. The summed E-state index contributed by atoms with van der Waals surface area (Å²) in [5.41, 5.74) is 0.323. The molecule has 23 heavy (non-hydrogen) atoms. The molecule has 0 spiro atoms. The molecule has 7 heteroatoms. The van der Waals surface area contributed by atoms with Crippen LogP contribution in [-0.2, 0) is 10.0 Å². The van der Waals surface area contributed by atoms with Crippen molar-refractivity contribution >= 4 is 27.5 Å². The van der Waals surface area contributed by atoms with Gasteiger partial charge in [-0.15, -0.1) is 0 Å². The maximum Gasteiger partial charge on any atom is 0.251 e. The Morgan fingerprint density at radius 3 is 2.61 bits per heavy atom. The number of hydrogen-bond acceptors (Lipinski definition) is 3. The van der Waals surface area contributed by atoms with E-state index in [0.717, 1.165) is 32.1 Å². The van der Waals surface area contributed by atoms with Gasteiger partial charge in [-0.1, -0.05) is 31.4 Å². The predicted molar refractivity (Wildman–Crippen MR) is 91.3 cm³/mol. The van der Waals surface area contributed by atoms with Crippen molar-refractivity contribution in [2.24, 2.45) is 0 Å². The van der Waals surface area contributed by atoms with Crippen LogP contribution >= 0.6 is 11.6 Å². The number of carbonyl (C=O) groups is 1. The van der Waals surface area contributed by atoms with Gasteiger partial charge in [-0.25, -0.2) is 8.42 Å². The van der Waals surface area contributed by atoms with Gasteiger partial charge >= 0.3 is 0 Å². The molecular weight excluding hydrogens is 336 g/mol. The molecule has 0 aliphatic carbocycles. The van der Waals surface area contributed by atoms with E-state index < -0.39 is 10.0 Å². The van der Waals surface area contributed by atoms with Crippen LogP contribution in [0.1, 0.15) is 49.4 Å². The quantitative estimate of drug-likeness (QED) is 0.762. The van der Waals surface area contributed by atoms with Crippen molar-refractivity contribution in [1.82, 2.24) is 9.62 Å². The first kappa shape index (κ1) is 18.2. The van der Waals surface area contributed by atoms with E-state index in [1.807, 2.05) is 0 Å². The maximum atomic E-state index is 12.6. The van der Waals surface area contributed by atoms with Crippen molar-refractivity contribution < 1.29 is 13.2 Å². The fourth-order valence-electron chi connectivity index (χ4n) is 2.59. The molecule has 1 aliphatic heterocycles. The second-order valence-corrected chi connectivity index (χ2v) is 8.03. The van der Waals surface area contributed by atoms with Crippen LogP contribution in [0.15, 0.2) is 23.1 Å². The van der Waals surface area contributed by atoms with Gasteiger partial charge in [0.2, 0.25) is 10.0 Å². The summed E-state index contributed by atoms with van der Waals surface area (Å²) in [5, 5.41) is 2.96. The molecule has 0 atom stereocenters. The fraction of sp³-hybridized carbons (Fsp3) is 0.562. The zero-order valence-corrected chi connectivity index (χ0v) is 14.9. The van der Waals surface area contributed by atoms with Crippen LogP contribution in [0, 0.1) is 0 Å². The SMILES string of the molecule is CCCCCNC(=O)c1ccc(Cl)c(S(=O)(=O)N2CCCC2)c1. The highest BCUT2D eigenvalue weighted by Gasteiger charge is 2.29. The lowest BCUT2D eigenvalue weighted by Gasteiger charge is -2.17. The topological polar surface area (TPSA) is 66.5 Å². The Morgan fingerprint density at radius 2 is 1.96 bits per heavy atom. The molecule has 5 nitrogen and oxygen atoms in total. The molecule has 1 N–H and O–H groups in total. The summed E-state index contributed by atoms with van der Waals surface area (Å²) < 4.78 is 26.7. The van der Waals surface area contributed by atoms with Gasteiger partial charge < -0.3 is 5.32 Å². The van der Waals surface area contributed by atoms with E-state index in [0.29, 0.717) is 25.2 Å². The number of benzene rings is 1. The smallest absolute Gasteiger partial charge is 0.251 e. The minimum Gasteiger partial charge on any atom is -0.352 e. The standard InChI is InChI=1S/C16H23ClN2O3S/c1-2-3-4-9-18-16(20)13-7-8-14(17)15(12-13)23(21,22)19-10-5-6-11-19/h7-8,12H,2-6,9-11H2,1H3,(H,18,20). The average Bonchev–Trinajstić information content (AvgIpc) is 3.07. The van der Waals surface area contributed by atoms with Crippen molar-refractivity contribution in [3.63, 3.8) is 0 Å². The molecule has 1 saturated heterocycles. The van der Waals surface area contributed by atoms with Crippen molar-refractivity contribution in [3.05, 3.63) is 28.8 Å². The number of halogens is 1. The molecular formula is C16H23ClN2O3S.